The number of halogens is 3. The molecule has 0 amide bonds. The predicted molar refractivity (Wildman–Crippen MR) is 93.2 cm³/mol. The summed E-state index contributed by atoms with van der Waals surface area (Å²) in [6.45, 7) is 1.40. The highest BCUT2D eigenvalue weighted by Crippen LogP contribution is 2.33. The predicted octanol–water partition coefficient (Wildman–Crippen LogP) is 3.96. The Kier molecular flexibility index (Phi) is 5.34. The summed E-state index contributed by atoms with van der Waals surface area (Å²) >= 11 is 0. The van der Waals surface area contributed by atoms with Gasteiger partial charge in [0.05, 0.1) is 18.4 Å². The fraction of sp³-hybridized carbons (Fsp3) is 0.211. The zero-order chi connectivity index (χ0) is 20.3. The Morgan fingerprint density at radius 3 is 2.50 bits per heavy atom. The third-order valence-electron chi connectivity index (χ3n) is 4.06. The molecule has 3 rings (SSSR count). The van der Waals surface area contributed by atoms with Gasteiger partial charge in [0, 0.05) is 5.56 Å². The molecule has 0 saturated heterocycles. The Labute approximate surface area is 158 Å². The molecule has 0 spiro atoms. The molecule has 0 aliphatic heterocycles. The lowest BCUT2D eigenvalue weighted by Crippen LogP contribution is -2.12. The molecule has 0 saturated carbocycles. The van der Waals surface area contributed by atoms with Crippen LogP contribution in [0.15, 0.2) is 48.8 Å². The van der Waals surface area contributed by atoms with Gasteiger partial charge in [0.25, 0.3) is 5.82 Å². The second-order valence-electron chi connectivity index (χ2n) is 5.89. The van der Waals surface area contributed by atoms with Gasteiger partial charge >= 0.3 is 12.1 Å². The summed E-state index contributed by atoms with van der Waals surface area (Å²) in [5.41, 5.74) is 0.492. The number of carbonyl (C=O) groups is 1. The van der Waals surface area contributed by atoms with E-state index in [0.717, 1.165) is 6.07 Å². The molecule has 1 aromatic heterocycles. The van der Waals surface area contributed by atoms with E-state index in [1.54, 1.807) is 37.3 Å². The van der Waals surface area contributed by atoms with Crippen LogP contribution in [0.4, 0.5) is 13.2 Å². The SMILES string of the molecule is COC(=O)c1ncn(-c2ccc(OCc3c(C)cccc3C(F)(F)F)cc2)n1. The Hall–Kier alpha value is -3.36. The third kappa shape index (κ3) is 4.13. The molecular weight excluding hydrogens is 375 g/mol. The lowest BCUT2D eigenvalue weighted by atomic mass is 10.0. The number of hydrogen-bond acceptors (Lipinski definition) is 5. The number of nitrogens with zero attached hydrogens (tertiary/aromatic N) is 3. The lowest BCUT2D eigenvalue weighted by Gasteiger charge is -2.16. The van der Waals surface area contributed by atoms with Crippen LogP contribution in [-0.4, -0.2) is 27.8 Å². The van der Waals surface area contributed by atoms with Crippen LogP contribution in [0.5, 0.6) is 5.75 Å². The van der Waals surface area contributed by atoms with Crippen molar-refractivity contribution in [3.8, 4) is 11.4 Å². The third-order valence-corrected chi connectivity index (χ3v) is 4.06. The molecule has 0 aliphatic carbocycles. The minimum Gasteiger partial charge on any atom is -0.489 e. The quantitative estimate of drug-likeness (QED) is 0.616. The van der Waals surface area contributed by atoms with Crippen molar-refractivity contribution in [1.29, 1.82) is 0 Å². The monoisotopic (exact) mass is 391 g/mol. The van der Waals surface area contributed by atoms with Gasteiger partial charge in [0.1, 0.15) is 18.7 Å². The molecule has 146 valence electrons. The Balaban J connectivity index is 1.74. The molecule has 9 heteroatoms. The molecule has 0 radical (unpaired) electrons. The van der Waals surface area contributed by atoms with E-state index in [1.165, 1.54) is 24.2 Å². The molecule has 0 N–H and O–H groups in total. The number of carbonyl (C=O) groups excluding carboxylic acids is 1. The van der Waals surface area contributed by atoms with E-state index in [-0.39, 0.29) is 18.0 Å². The highest BCUT2D eigenvalue weighted by molar-refractivity contribution is 5.84. The summed E-state index contributed by atoms with van der Waals surface area (Å²) in [6.07, 6.45) is -3.09. The van der Waals surface area contributed by atoms with Gasteiger partial charge in [0.2, 0.25) is 0 Å². The highest BCUT2D eigenvalue weighted by Gasteiger charge is 2.33. The van der Waals surface area contributed by atoms with E-state index in [4.69, 9.17) is 4.74 Å². The van der Waals surface area contributed by atoms with E-state index in [9.17, 15) is 18.0 Å². The van der Waals surface area contributed by atoms with Gasteiger partial charge in [-0.15, -0.1) is 5.10 Å². The summed E-state index contributed by atoms with van der Waals surface area (Å²) < 4.78 is 51.0. The van der Waals surface area contributed by atoms with Gasteiger partial charge in [-0.3, -0.25) is 0 Å². The number of rotatable bonds is 5. The number of methoxy groups -OCH3 is 1. The number of benzene rings is 2. The fourth-order valence-electron chi connectivity index (χ4n) is 2.58. The maximum Gasteiger partial charge on any atom is 0.416 e. The second kappa shape index (κ2) is 7.71. The van der Waals surface area contributed by atoms with Crippen LogP contribution in [0, 0.1) is 6.92 Å². The van der Waals surface area contributed by atoms with Crippen molar-refractivity contribution in [3.05, 3.63) is 71.3 Å². The van der Waals surface area contributed by atoms with Gasteiger partial charge in [-0.2, -0.15) is 13.2 Å². The summed E-state index contributed by atoms with van der Waals surface area (Å²) in [5, 5.41) is 3.99. The molecule has 0 fully saturated rings. The second-order valence-corrected chi connectivity index (χ2v) is 5.89. The van der Waals surface area contributed by atoms with Gasteiger partial charge in [0.15, 0.2) is 0 Å². The van der Waals surface area contributed by atoms with Crippen molar-refractivity contribution >= 4 is 5.97 Å². The van der Waals surface area contributed by atoms with Gasteiger partial charge in [-0.05, 0) is 42.8 Å². The number of hydrogen-bond donors (Lipinski definition) is 0. The molecule has 0 bridgehead atoms. The van der Waals surface area contributed by atoms with E-state index >= 15 is 0 Å². The first-order valence-corrected chi connectivity index (χ1v) is 8.18. The van der Waals surface area contributed by atoms with Crippen LogP contribution in [0.2, 0.25) is 0 Å². The zero-order valence-corrected chi connectivity index (χ0v) is 15.0. The number of aromatic nitrogens is 3. The molecule has 6 nitrogen and oxygen atoms in total. The van der Waals surface area contributed by atoms with Crippen LogP contribution in [-0.2, 0) is 17.5 Å². The van der Waals surface area contributed by atoms with E-state index in [2.05, 4.69) is 14.8 Å². The van der Waals surface area contributed by atoms with Crippen LogP contribution >= 0.6 is 0 Å². The number of ether oxygens (including phenoxy) is 2. The normalized spacial score (nSPS) is 11.3. The average molecular weight is 391 g/mol. The Morgan fingerprint density at radius 2 is 1.86 bits per heavy atom. The van der Waals surface area contributed by atoms with E-state index < -0.39 is 17.7 Å². The molecule has 1 heterocycles. The van der Waals surface area contributed by atoms with Crippen molar-refractivity contribution < 1.29 is 27.4 Å². The molecular formula is C19H16F3N3O3. The molecule has 0 unspecified atom stereocenters. The lowest BCUT2D eigenvalue weighted by molar-refractivity contribution is -0.138. The van der Waals surface area contributed by atoms with Crippen LogP contribution < -0.4 is 4.74 Å². The summed E-state index contributed by atoms with van der Waals surface area (Å²) in [7, 11) is 1.23. The number of esters is 1. The van der Waals surface area contributed by atoms with Crippen molar-refractivity contribution in [2.24, 2.45) is 0 Å². The van der Waals surface area contributed by atoms with Gasteiger partial charge < -0.3 is 9.47 Å². The molecule has 0 atom stereocenters. The molecule has 2 aromatic carbocycles. The molecule has 3 aromatic rings. The van der Waals surface area contributed by atoms with Crippen molar-refractivity contribution in [2.45, 2.75) is 19.7 Å². The van der Waals surface area contributed by atoms with Gasteiger partial charge in [-0.25, -0.2) is 14.5 Å². The van der Waals surface area contributed by atoms with Crippen LogP contribution in [0.25, 0.3) is 5.69 Å². The smallest absolute Gasteiger partial charge is 0.416 e. The largest absolute Gasteiger partial charge is 0.489 e. The fourth-order valence-corrected chi connectivity index (χ4v) is 2.58. The zero-order valence-electron chi connectivity index (χ0n) is 15.0. The van der Waals surface area contributed by atoms with E-state index in [1.807, 2.05) is 0 Å². The van der Waals surface area contributed by atoms with E-state index in [0.29, 0.717) is 17.0 Å². The highest BCUT2D eigenvalue weighted by atomic mass is 19.4. The van der Waals surface area contributed by atoms with Crippen LogP contribution in [0.3, 0.4) is 0 Å². The topological polar surface area (TPSA) is 66.2 Å². The first kappa shape index (κ1) is 19.4. The minimum atomic E-state index is -4.45. The molecule has 0 aliphatic rings. The first-order valence-electron chi connectivity index (χ1n) is 8.18. The first-order chi connectivity index (χ1) is 13.3. The summed E-state index contributed by atoms with van der Waals surface area (Å²) in [4.78, 5) is 15.2. The number of aryl methyl sites for hydroxylation is 1. The maximum atomic E-state index is 13.2. The van der Waals surface area contributed by atoms with Crippen molar-refractivity contribution in [1.82, 2.24) is 14.8 Å². The average Bonchev–Trinajstić information content (AvgIpc) is 3.16. The summed E-state index contributed by atoms with van der Waals surface area (Å²) in [5.74, 6) is -0.340. The Bertz CT molecular complexity index is 982. The summed E-state index contributed by atoms with van der Waals surface area (Å²) in [6, 6.07) is 10.5. The van der Waals surface area contributed by atoms with Crippen LogP contribution in [0.1, 0.15) is 27.3 Å². The minimum absolute atomic E-state index is 0.0814. The molecule has 28 heavy (non-hydrogen) atoms. The standard InChI is InChI=1S/C19H16F3N3O3/c1-12-4-3-5-16(19(20,21)22)15(12)10-28-14-8-6-13(7-9-14)25-11-23-17(24-25)18(26)27-2/h3-9,11H,10H2,1-2H3. The number of alkyl halides is 3. The van der Waals surface area contributed by atoms with Crippen molar-refractivity contribution in [2.75, 3.05) is 7.11 Å². The maximum absolute atomic E-state index is 13.2. The Morgan fingerprint density at radius 1 is 1.14 bits per heavy atom. The van der Waals surface area contributed by atoms with Gasteiger partial charge in [-0.1, -0.05) is 12.1 Å². The van der Waals surface area contributed by atoms with Crippen molar-refractivity contribution in [3.63, 3.8) is 0 Å².